The van der Waals surface area contributed by atoms with Crippen LogP contribution in [0.25, 0.3) is 0 Å². The Balaban J connectivity index is -0.000000208. The summed E-state index contributed by atoms with van der Waals surface area (Å²) in [6, 6.07) is -0.279. The molecule has 0 spiro atoms. The SMILES string of the molecule is CC.CC.CC.O=C(O)C1CCCCN1. The number of carboxylic acids is 1. The molecule has 0 saturated carbocycles. The zero-order valence-electron chi connectivity index (χ0n) is 11.3. The lowest BCUT2D eigenvalue weighted by Crippen LogP contribution is -2.40. The average Bonchev–Trinajstić information content (AvgIpc) is 2.38. The monoisotopic (exact) mass is 219 g/mol. The molecule has 0 radical (unpaired) electrons. The van der Waals surface area contributed by atoms with Crippen molar-refractivity contribution in [2.75, 3.05) is 6.54 Å². The molecule has 1 fully saturated rings. The molecule has 3 nitrogen and oxygen atoms in total. The fourth-order valence-electron chi connectivity index (χ4n) is 1.06. The highest BCUT2D eigenvalue weighted by Crippen LogP contribution is 2.05. The zero-order valence-corrected chi connectivity index (χ0v) is 11.3. The summed E-state index contributed by atoms with van der Waals surface area (Å²) in [5, 5.41) is 11.4. The second-order valence-corrected chi connectivity index (χ2v) is 2.34. The van der Waals surface area contributed by atoms with Crippen molar-refractivity contribution in [1.29, 1.82) is 0 Å². The van der Waals surface area contributed by atoms with Crippen LogP contribution in [0.15, 0.2) is 0 Å². The minimum atomic E-state index is -0.713. The van der Waals surface area contributed by atoms with E-state index < -0.39 is 5.97 Å². The Morgan fingerprint density at radius 2 is 1.53 bits per heavy atom. The topological polar surface area (TPSA) is 49.3 Å². The lowest BCUT2D eigenvalue weighted by Gasteiger charge is -2.18. The number of hydrogen-bond acceptors (Lipinski definition) is 2. The molecule has 1 aliphatic rings. The van der Waals surface area contributed by atoms with Crippen LogP contribution in [0.1, 0.15) is 60.8 Å². The summed E-state index contributed by atoms with van der Waals surface area (Å²) in [6.07, 6.45) is 2.95. The van der Waals surface area contributed by atoms with Crippen molar-refractivity contribution in [1.82, 2.24) is 5.32 Å². The molecule has 1 atom stereocenters. The zero-order chi connectivity index (χ0) is 12.7. The number of nitrogens with one attached hydrogen (secondary N) is 1. The fourth-order valence-corrected chi connectivity index (χ4v) is 1.06. The third-order valence-electron chi connectivity index (χ3n) is 1.61. The Morgan fingerprint density at radius 1 is 1.07 bits per heavy atom. The number of carboxylic acid groups (broad SMARTS) is 1. The molecule has 0 aliphatic carbocycles. The van der Waals surface area contributed by atoms with Gasteiger partial charge in [-0.1, -0.05) is 48.0 Å². The Bertz CT molecular complexity index is 110. The van der Waals surface area contributed by atoms with Gasteiger partial charge in [0.1, 0.15) is 6.04 Å². The number of aliphatic carboxylic acids is 1. The molecule has 94 valence electrons. The maximum absolute atomic E-state index is 10.3. The van der Waals surface area contributed by atoms with Gasteiger partial charge in [-0.25, -0.2) is 0 Å². The van der Waals surface area contributed by atoms with Gasteiger partial charge < -0.3 is 10.4 Å². The van der Waals surface area contributed by atoms with Crippen LogP contribution < -0.4 is 5.32 Å². The molecule has 0 aromatic heterocycles. The Kier molecular flexibility index (Phi) is 25.3. The van der Waals surface area contributed by atoms with E-state index >= 15 is 0 Å². The predicted octanol–water partition coefficient (Wildman–Crippen LogP) is 3.29. The molecule has 3 heteroatoms. The second kappa shape index (κ2) is 19.1. The molecular weight excluding hydrogens is 190 g/mol. The van der Waals surface area contributed by atoms with Crippen LogP contribution >= 0.6 is 0 Å². The van der Waals surface area contributed by atoms with E-state index in [0.717, 1.165) is 25.8 Å². The second-order valence-electron chi connectivity index (χ2n) is 2.34. The first-order valence-corrected chi connectivity index (χ1v) is 6.27. The lowest BCUT2D eigenvalue weighted by molar-refractivity contribution is -0.140. The molecule has 0 amide bonds. The maximum atomic E-state index is 10.3. The minimum Gasteiger partial charge on any atom is -0.480 e. The molecule has 1 rings (SSSR count). The van der Waals surface area contributed by atoms with E-state index in [1.807, 2.05) is 41.5 Å². The van der Waals surface area contributed by atoms with Crippen molar-refractivity contribution in [2.45, 2.75) is 66.8 Å². The lowest BCUT2D eigenvalue weighted by atomic mass is 10.1. The summed E-state index contributed by atoms with van der Waals surface area (Å²) >= 11 is 0. The summed E-state index contributed by atoms with van der Waals surface area (Å²) < 4.78 is 0. The molecule has 1 heterocycles. The van der Waals surface area contributed by atoms with Gasteiger partial charge in [-0.3, -0.25) is 4.79 Å². The highest BCUT2D eigenvalue weighted by Gasteiger charge is 2.18. The minimum absolute atomic E-state index is 0.279. The fraction of sp³-hybridized carbons (Fsp3) is 0.917. The van der Waals surface area contributed by atoms with Gasteiger partial charge in [-0.15, -0.1) is 0 Å². The van der Waals surface area contributed by atoms with Gasteiger partial charge in [0.15, 0.2) is 0 Å². The Labute approximate surface area is 95.3 Å². The van der Waals surface area contributed by atoms with Gasteiger partial charge in [0, 0.05) is 0 Å². The maximum Gasteiger partial charge on any atom is 0.320 e. The van der Waals surface area contributed by atoms with Crippen LogP contribution in [0.4, 0.5) is 0 Å². The highest BCUT2D eigenvalue weighted by molar-refractivity contribution is 5.73. The van der Waals surface area contributed by atoms with Crippen LogP contribution in [0, 0.1) is 0 Å². The first-order chi connectivity index (χ1) is 7.30. The van der Waals surface area contributed by atoms with Gasteiger partial charge in [-0.05, 0) is 19.4 Å². The van der Waals surface area contributed by atoms with Crippen molar-refractivity contribution >= 4 is 5.97 Å². The van der Waals surface area contributed by atoms with Gasteiger partial charge >= 0.3 is 5.97 Å². The molecule has 1 saturated heterocycles. The van der Waals surface area contributed by atoms with Crippen LogP contribution in [-0.2, 0) is 4.79 Å². The van der Waals surface area contributed by atoms with E-state index in [1.54, 1.807) is 0 Å². The van der Waals surface area contributed by atoms with Crippen LogP contribution in [0.2, 0.25) is 0 Å². The average molecular weight is 219 g/mol. The number of piperidine rings is 1. The quantitative estimate of drug-likeness (QED) is 0.711. The van der Waals surface area contributed by atoms with Crippen LogP contribution in [0.5, 0.6) is 0 Å². The van der Waals surface area contributed by atoms with Gasteiger partial charge in [0.05, 0.1) is 0 Å². The van der Waals surface area contributed by atoms with Crippen molar-refractivity contribution in [2.24, 2.45) is 0 Å². The largest absolute Gasteiger partial charge is 0.480 e. The smallest absolute Gasteiger partial charge is 0.320 e. The first-order valence-electron chi connectivity index (χ1n) is 6.27. The molecule has 2 N–H and O–H groups in total. The Hall–Kier alpha value is -0.570. The predicted molar refractivity (Wildman–Crippen MR) is 67.3 cm³/mol. The Morgan fingerprint density at radius 3 is 1.73 bits per heavy atom. The van der Waals surface area contributed by atoms with E-state index in [4.69, 9.17) is 5.11 Å². The third kappa shape index (κ3) is 13.4. The van der Waals surface area contributed by atoms with E-state index in [9.17, 15) is 4.79 Å². The van der Waals surface area contributed by atoms with E-state index in [2.05, 4.69) is 5.32 Å². The van der Waals surface area contributed by atoms with E-state index in [0.29, 0.717) is 0 Å². The highest BCUT2D eigenvalue weighted by atomic mass is 16.4. The summed E-state index contributed by atoms with van der Waals surface area (Å²) in [7, 11) is 0. The van der Waals surface area contributed by atoms with Crippen molar-refractivity contribution in [3.8, 4) is 0 Å². The summed E-state index contributed by atoms with van der Waals surface area (Å²) in [6.45, 7) is 12.9. The molecule has 0 bridgehead atoms. The molecule has 0 aromatic rings. The van der Waals surface area contributed by atoms with E-state index in [1.165, 1.54) is 0 Å². The number of hydrogen-bond donors (Lipinski definition) is 2. The molecule has 15 heavy (non-hydrogen) atoms. The van der Waals surface area contributed by atoms with Gasteiger partial charge in [-0.2, -0.15) is 0 Å². The molecule has 0 aromatic carbocycles. The van der Waals surface area contributed by atoms with Gasteiger partial charge in [0.25, 0.3) is 0 Å². The summed E-state index contributed by atoms with van der Waals surface area (Å²) in [4.78, 5) is 10.3. The number of carbonyl (C=O) groups is 1. The van der Waals surface area contributed by atoms with Crippen molar-refractivity contribution < 1.29 is 9.90 Å². The van der Waals surface area contributed by atoms with Gasteiger partial charge in [0.2, 0.25) is 0 Å². The normalized spacial score (nSPS) is 17.9. The molecule has 1 unspecified atom stereocenters. The van der Waals surface area contributed by atoms with E-state index in [-0.39, 0.29) is 6.04 Å². The van der Waals surface area contributed by atoms with Crippen molar-refractivity contribution in [3.63, 3.8) is 0 Å². The standard InChI is InChI=1S/C6H11NO2.3C2H6/c8-6(9)5-3-1-2-4-7-5;3*1-2/h5,7H,1-4H2,(H,8,9);3*1-2H3. The third-order valence-corrected chi connectivity index (χ3v) is 1.61. The molecule has 1 aliphatic heterocycles. The summed E-state index contributed by atoms with van der Waals surface area (Å²) in [5.41, 5.74) is 0. The molecular formula is C12H29NO2. The number of rotatable bonds is 1. The summed E-state index contributed by atoms with van der Waals surface area (Å²) in [5.74, 6) is -0.713. The van der Waals surface area contributed by atoms with Crippen LogP contribution in [0.3, 0.4) is 0 Å². The first kappa shape index (κ1) is 19.9. The van der Waals surface area contributed by atoms with Crippen molar-refractivity contribution in [3.05, 3.63) is 0 Å². The van der Waals surface area contributed by atoms with Crippen LogP contribution in [-0.4, -0.2) is 23.7 Å².